The van der Waals surface area contributed by atoms with E-state index in [0.29, 0.717) is 23.5 Å². The summed E-state index contributed by atoms with van der Waals surface area (Å²) >= 11 is 0. The van der Waals surface area contributed by atoms with Gasteiger partial charge in [0.25, 0.3) is 5.56 Å². The number of aliphatic hydroxyl groups is 1. The van der Waals surface area contributed by atoms with Crippen LogP contribution in [0.15, 0.2) is 35.3 Å². The van der Waals surface area contributed by atoms with E-state index in [2.05, 4.69) is 20.4 Å². The normalized spacial score (nSPS) is 11.8. The third-order valence-corrected chi connectivity index (χ3v) is 3.99. The van der Waals surface area contributed by atoms with Crippen LogP contribution in [0.4, 0.5) is 5.95 Å². The van der Waals surface area contributed by atoms with Crippen molar-refractivity contribution in [1.82, 2.24) is 19.7 Å². The largest absolute Gasteiger partial charge is 0.392 e. The minimum Gasteiger partial charge on any atom is -0.392 e. The van der Waals surface area contributed by atoms with Crippen molar-refractivity contribution in [2.45, 2.75) is 39.3 Å². The molecule has 0 amide bonds. The molecule has 0 aliphatic carbocycles. The van der Waals surface area contributed by atoms with Crippen LogP contribution in [0.1, 0.15) is 31.9 Å². The van der Waals surface area contributed by atoms with Gasteiger partial charge in [0.1, 0.15) is 5.39 Å². The summed E-state index contributed by atoms with van der Waals surface area (Å²) in [4.78, 5) is 19.5. The fourth-order valence-electron chi connectivity index (χ4n) is 2.63. The van der Waals surface area contributed by atoms with Crippen LogP contribution in [0.2, 0.25) is 0 Å². The molecular weight excluding hydrogens is 318 g/mol. The summed E-state index contributed by atoms with van der Waals surface area (Å²) in [5, 5.41) is 17.0. The molecule has 0 saturated heterocycles. The maximum absolute atomic E-state index is 12.2. The van der Waals surface area contributed by atoms with Gasteiger partial charge in [0.2, 0.25) is 5.95 Å². The van der Waals surface area contributed by atoms with Crippen molar-refractivity contribution in [3.8, 4) is 0 Å². The van der Waals surface area contributed by atoms with Crippen molar-refractivity contribution < 1.29 is 5.11 Å². The molecule has 0 saturated carbocycles. The van der Waals surface area contributed by atoms with Crippen molar-refractivity contribution in [1.29, 1.82) is 0 Å². The summed E-state index contributed by atoms with van der Waals surface area (Å²) in [5.41, 5.74) is 2.16. The number of nitrogens with zero attached hydrogens (tertiary/aromatic N) is 3. The lowest BCUT2D eigenvalue weighted by atomic mass is 10.1. The molecule has 2 heterocycles. The van der Waals surface area contributed by atoms with E-state index in [-0.39, 0.29) is 17.7 Å². The van der Waals surface area contributed by atoms with Gasteiger partial charge < -0.3 is 10.4 Å². The highest BCUT2D eigenvalue weighted by Gasteiger charge is 2.19. The van der Waals surface area contributed by atoms with Crippen molar-refractivity contribution in [2.75, 3.05) is 11.9 Å². The third-order valence-electron chi connectivity index (χ3n) is 3.99. The number of benzene rings is 1. The minimum absolute atomic E-state index is 0.0468. The predicted molar refractivity (Wildman–Crippen MR) is 97.7 cm³/mol. The molecule has 3 rings (SSSR count). The molecule has 0 unspecified atom stereocenters. The van der Waals surface area contributed by atoms with Gasteiger partial charge >= 0.3 is 0 Å². The Morgan fingerprint density at radius 3 is 2.52 bits per heavy atom. The van der Waals surface area contributed by atoms with Gasteiger partial charge in [0, 0.05) is 6.54 Å². The summed E-state index contributed by atoms with van der Waals surface area (Å²) in [6.45, 7) is 6.74. The van der Waals surface area contributed by atoms with E-state index in [4.69, 9.17) is 5.11 Å². The Labute approximate surface area is 145 Å². The maximum Gasteiger partial charge on any atom is 0.263 e. The highest BCUT2D eigenvalue weighted by molar-refractivity contribution is 5.74. The summed E-state index contributed by atoms with van der Waals surface area (Å²) in [7, 11) is 0. The van der Waals surface area contributed by atoms with E-state index in [1.807, 2.05) is 45.0 Å². The van der Waals surface area contributed by atoms with Crippen LogP contribution in [0.25, 0.3) is 11.0 Å². The van der Waals surface area contributed by atoms with Crippen molar-refractivity contribution in [3.63, 3.8) is 0 Å². The molecule has 0 aliphatic rings. The molecule has 0 spiro atoms. The minimum atomic E-state index is -0.256. The predicted octanol–water partition coefficient (Wildman–Crippen LogP) is 2.02. The van der Waals surface area contributed by atoms with Crippen LogP contribution in [0.5, 0.6) is 0 Å². The van der Waals surface area contributed by atoms with Crippen molar-refractivity contribution >= 4 is 17.0 Å². The molecule has 132 valence electrons. The maximum atomic E-state index is 12.2. The van der Waals surface area contributed by atoms with E-state index in [9.17, 15) is 4.79 Å². The second kappa shape index (κ2) is 6.68. The number of H-pyrrole nitrogens is 1. The Hall–Kier alpha value is -2.67. The fourth-order valence-corrected chi connectivity index (χ4v) is 2.63. The lowest BCUT2D eigenvalue weighted by molar-refractivity contribution is 0.282. The third kappa shape index (κ3) is 3.71. The topological polar surface area (TPSA) is 95.8 Å². The fraction of sp³-hybridized carbons (Fsp3) is 0.389. The molecule has 0 atom stereocenters. The quantitative estimate of drug-likeness (QED) is 0.660. The first-order valence-corrected chi connectivity index (χ1v) is 8.29. The molecule has 7 nitrogen and oxygen atoms in total. The van der Waals surface area contributed by atoms with Gasteiger partial charge in [0.05, 0.1) is 18.3 Å². The number of hydrogen-bond acceptors (Lipinski definition) is 5. The smallest absolute Gasteiger partial charge is 0.263 e. The molecule has 1 aromatic carbocycles. The molecule has 7 heteroatoms. The second-order valence-electron chi connectivity index (χ2n) is 7.03. The van der Waals surface area contributed by atoms with E-state index >= 15 is 0 Å². The first-order chi connectivity index (χ1) is 11.9. The molecule has 0 aliphatic heterocycles. The first kappa shape index (κ1) is 17.2. The Balaban J connectivity index is 1.76. The van der Waals surface area contributed by atoms with Crippen LogP contribution in [-0.2, 0) is 18.6 Å². The van der Waals surface area contributed by atoms with Gasteiger partial charge in [-0.25, -0.2) is 4.68 Å². The monoisotopic (exact) mass is 341 g/mol. The van der Waals surface area contributed by atoms with Gasteiger partial charge in [-0.15, -0.1) is 0 Å². The number of aromatic amines is 1. The van der Waals surface area contributed by atoms with Gasteiger partial charge in [-0.2, -0.15) is 10.1 Å². The molecular formula is C18H23N5O2. The van der Waals surface area contributed by atoms with Gasteiger partial charge in [0.15, 0.2) is 5.65 Å². The lowest BCUT2D eigenvalue weighted by Gasteiger charge is -2.19. The van der Waals surface area contributed by atoms with E-state index in [1.165, 1.54) is 0 Å². The van der Waals surface area contributed by atoms with Gasteiger partial charge in [-0.3, -0.25) is 9.78 Å². The van der Waals surface area contributed by atoms with Gasteiger partial charge in [-0.05, 0) is 38.3 Å². The molecule has 3 N–H and O–H groups in total. The Kier molecular flexibility index (Phi) is 4.59. The number of aromatic nitrogens is 4. The number of nitrogens with one attached hydrogen (secondary N) is 2. The highest BCUT2D eigenvalue weighted by atomic mass is 16.3. The molecule has 25 heavy (non-hydrogen) atoms. The number of rotatable bonds is 5. The Morgan fingerprint density at radius 1 is 1.20 bits per heavy atom. The first-order valence-electron chi connectivity index (χ1n) is 8.29. The van der Waals surface area contributed by atoms with Crippen molar-refractivity contribution in [3.05, 3.63) is 51.9 Å². The van der Waals surface area contributed by atoms with Crippen molar-refractivity contribution in [2.24, 2.45) is 0 Å². The second-order valence-corrected chi connectivity index (χ2v) is 7.03. The molecule has 2 aromatic heterocycles. The molecule has 0 radical (unpaired) electrons. The molecule has 0 bridgehead atoms. The van der Waals surface area contributed by atoms with E-state index < -0.39 is 0 Å². The Bertz CT molecular complexity index is 919. The average Bonchev–Trinajstić information content (AvgIpc) is 3.00. The summed E-state index contributed by atoms with van der Waals surface area (Å²) in [6, 6.07) is 7.79. The number of aliphatic hydroxyl groups excluding tert-OH is 1. The molecule has 3 aromatic rings. The zero-order valence-electron chi connectivity index (χ0n) is 14.7. The lowest BCUT2D eigenvalue weighted by Crippen LogP contribution is -2.24. The van der Waals surface area contributed by atoms with Crippen LogP contribution in [0.3, 0.4) is 0 Å². The zero-order valence-corrected chi connectivity index (χ0v) is 14.7. The van der Waals surface area contributed by atoms with Crippen LogP contribution in [-0.4, -0.2) is 31.4 Å². The average molecular weight is 341 g/mol. The van der Waals surface area contributed by atoms with E-state index in [0.717, 1.165) is 17.5 Å². The summed E-state index contributed by atoms with van der Waals surface area (Å²) < 4.78 is 1.76. The summed E-state index contributed by atoms with van der Waals surface area (Å²) in [6.07, 6.45) is 2.34. The standard InChI is InChI=1S/C18H23N5O2/c1-18(2,3)23-15-14(10-20-23)16(25)22-17(21-15)19-9-8-12-4-6-13(11-24)7-5-12/h4-7,10,24H,8-9,11H2,1-3H3,(H2,19,21,22,25). The Morgan fingerprint density at radius 2 is 1.88 bits per heavy atom. The molecule has 0 fully saturated rings. The number of anilines is 1. The van der Waals surface area contributed by atoms with E-state index in [1.54, 1.807) is 10.9 Å². The SMILES string of the molecule is CC(C)(C)n1ncc2c(=O)[nH]c(NCCc3ccc(CO)cc3)nc21. The van der Waals surface area contributed by atoms with Crippen LogP contribution in [0, 0.1) is 0 Å². The van der Waals surface area contributed by atoms with Crippen LogP contribution < -0.4 is 10.9 Å². The van der Waals surface area contributed by atoms with Gasteiger partial charge in [-0.1, -0.05) is 24.3 Å². The number of fused-ring (bicyclic) bond motifs is 1. The van der Waals surface area contributed by atoms with Crippen LogP contribution >= 0.6 is 0 Å². The summed E-state index contributed by atoms with van der Waals surface area (Å²) in [5.74, 6) is 0.440. The highest BCUT2D eigenvalue weighted by Crippen LogP contribution is 2.18. The number of hydrogen-bond donors (Lipinski definition) is 3. The zero-order chi connectivity index (χ0) is 18.0.